The third kappa shape index (κ3) is 5.02. The monoisotopic (exact) mass is 340 g/mol. The Balaban J connectivity index is 1.94. The molecule has 6 nitrogen and oxygen atoms in total. The molecular weight excluding hydrogens is 316 g/mol. The summed E-state index contributed by atoms with van der Waals surface area (Å²) in [5.74, 6) is -0.183. The average Bonchev–Trinajstić information content (AvgIpc) is 2.59. The molecule has 0 aliphatic carbocycles. The van der Waals surface area contributed by atoms with Crippen molar-refractivity contribution >= 4 is 15.9 Å². The second-order valence-electron chi connectivity index (χ2n) is 5.52. The van der Waals surface area contributed by atoms with Gasteiger partial charge < -0.3 is 10.1 Å². The number of amides is 1. The Morgan fingerprint density at radius 3 is 2.43 bits per heavy atom. The first-order valence-electron chi connectivity index (χ1n) is 7.97. The van der Waals surface area contributed by atoms with Crippen LogP contribution in [0.2, 0.25) is 0 Å². The number of carbonyl (C=O) groups excluding carboxylic acids is 1. The number of hydrogen-bond acceptors (Lipinski definition) is 4. The van der Waals surface area contributed by atoms with Crippen LogP contribution in [0.15, 0.2) is 29.2 Å². The van der Waals surface area contributed by atoms with Gasteiger partial charge in [-0.25, -0.2) is 8.42 Å². The second kappa shape index (κ2) is 8.42. The summed E-state index contributed by atoms with van der Waals surface area (Å²) in [6, 6.07) is 6.68. The first kappa shape index (κ1) is 17.9. The molecule has 7 heteroatoms. The summed E-state index contributed by atoms with van der Waals surface area (Å²) < 4.78 is 31.6. The summed E-state index contributed by atoms with van der Waals surface area (Å²) in [5, 5.41) is 2.73. The second-order valence-corrected chi connectivity index (χ2v) is 7.46. The third-order valence-corrected chi connectivity index (χ3v) is 5.72. The molecule has 1 aromatic rings. The molecule has 1 aromatic carbocycles. The van der Waals surface area contributed by atoms with Crippen molar-refractivity contribution in [1.29, 1.82) is 0 Å². The topological polar surface area (TPSA) is 75.7 Å². The number of benzene rings is 1. The van der Waals surface area contributed by atoms with Crippen LogP contribution < -0.4 is 5.32 Å². The smallest absolute Gasteiger partial charge is 0.246 e. The Kier molecular flexibility index (Phi) is 6.56. The molecule has 1 aliphatic rings. The Hall–Kier alpha value is -1.44. The number of hydrogen-bond donors (Lipinski definition) is 1. The fourth-order valence-electron chi connectivity index (χ4n) is 2.48. The van der Waals surface area contributed by atoms with Crippen LogP contribution >= 0.6 is 0 Å². The summed E-state index contributed by atoms with van der Waals surface area (Å²) >= 11 is 0. The Labute approximate surface area is 137 Å². The lowest BCUT2D eigenvalue weighted by molar-refractivity contribution is -0.125. The van der Waals surface area contributed by atoms with E-state index >= 15 is 0 Å². The van der Waals surface area contributed by atoms with E-state index in [2.05, 4.69) is 5.32 Å². The van der Waals surface area contributed by atoms with Crippen LogP contribution in [0.5, 0.6) is 0 Å². The van der Waals surface area contributed by atoms with Crippen molar-refractivity contribution in [3.05, 3.63) is 29.8 Å². The molecule has 1 fully saturated rings. The first-order valence-corrected chi connectivity index (χ1v) is 9.41. The van der Waals surface area contributed by atoms with Gasteiger partial charge in [0.2, 0.25) is 15.9 Å². The molecule has 0 atom stereocenters. The van der Waals surface area contributed by atoms with E-state index in [-0.39, 0.29) is 12.5 Å². The van der Waals surface area contributed by atoms with Gasteiger partial charge in [-0.1, -0.05) is 18.6 Å². The first-order chi connectivity index (χ1) is 11.0. The number of rotatable bonds is 7. The van der Waals surface area contributed by atoms with Crippen molar-refractivity contribution in [2.45, 2.75) is 37.6 Å². The van der Waals surface area contributed by atoms with E-state index in [1.54, 1.807) is 28.6 Å². The van der Waals surface area contributed by atoms with Gasteiger partial charge in [-0.15, -0.1) is 0 Å². The minimum atomic E-state index is -3.40. The highest BCUT2D eigenvalue weighted by Gasteiger charge is 2.25. The van der Waals surface area contributed by atoms with Crippen molar-refractivity contribution in [3.63, 3.8) is 0 Å². The van der Waals surface area contributed by atoms with Gasteiger partial charge in [-0.3, -0.25) is 4.79 Å². The van der Waals surface area contributed by atoms with Gasteiger partial charge >= 0.3 is 0 Å². The quantitative estimate of drug-likeness (QED) is 0.816. The van der Waals surface area contributed by atoms with Crippen LogP contribution in [-0.4, -0.2) is 44.9 Å². The highest BCUT2D eigenvalue weighted by molar-refractivity contribution is 7.89. The largest absolute Gasteiger partial charge is 0.372 e. The van der Waals surface area contributed by atoms with Crippen molar-refractivity contribution < 1.29 is 17.9 Å². The maximum atomic E-state index is 12.5. The number of piperidine rings is 1. The summed E-state index contributed by atoms with van der Waals surface area (Å²) in [5.41, 5.74) is 0.854. The van der Waals surface area contributed by atoms with Gasteiger partial charge in [-0.05, 0) is 37.5 Å². The zero-order chi connectivity index (χ0) is 16.7. The molecular formula is C16H24N2O4S. The Bertz CT molecular complexity index is 607. The molecule has 2 rings (SSSR count). The van der Waals surface area contributed by atoms with E-state index in [9.17, 15) is 13.2 Å². The van der Waals surface area contributed by atoms with Crippen molar-refractivity contribution in [2.24, 2.45) is 0 Å². The number of sulfonamides is 1. The molecule has 128 valence electrons. The van der Waals surface area contributed by atoms with Gasteiger partial charge in [0.15, 0.2) is 0 Å². The summed E-state index contributed by atoms with van der Waals surface area (Å²) in [7, 11) is -3.40. The fraction of sp³-hybridized carbons (Fsp3) is 0.562. The molecule has 23 heavy (non-hydrogen) atoms. The van der Waals surface area contributed by atoms with E-state index in [0.717, 1.165) is 24.8 Å². The molecule has 0 aromatic heterocycles. The SMILES string of the molecule is CCOCC(=O)NCc1ccc(S(=O)(=O)N2CCCCC2)cc1. The number of ether oxygens (including phenoxy) is 1. The van der Waals surface area contributed by atoms with Gasteiger partial charge in [0, 0.05) is 26.2 Å². The highest BCUT2D eigenvalue weighted by atomic mass is 32.2. The maximum absolute atomic E-state index is 12.5. The van der Waals surface area contributed by atoms with Crippen LogP contribution in [0.3, 0.4) is 0 Å². The number of carbonyl (C=O) groups is 1. The normalized spacial score (nSPS) is 16.2. The van der Waals surface area contributed by atoms with Crippen LogP contribution in [0.1, 0.15) is 31.7 Å². The average molecular weight is 340 g/mol. The van der Waals surface area contributed by atoms with E-state index < -0.39 is 10.0 Å². The lowest BCUT2D eigenvalue weighted by atomic mass is 10.2. The van der Waals surface area contributed by atoms with Crippen molar-refractivity contribution in [2.75, 3.05) is 26.3 Å². The van der Waals surface area contributed by atoms with Crippen molar-refractivity contribution in [3.8, 4) is 0 Å². The molecule has 1 N–H and O–H groups in total. The minimum absolute atomic E-state index is 0.0396. The van der Waals surface area contributed by atoms with Crippen LogP contribution in [0.25, 0.3) is 0 Å². The van der Waals surface area contributed by atoms with Crippen LogP contribution in [-0.2, 0) is 26.1 Å². The zero-order valence-corrected chi connectivity index (χ0v) is 14.3. The molecule has 0 radical (unpaired) electrons. The Morgan fingerprint density at radius 1 is 1.17 bits per heavy atom. The molecule has 0 saturated carbocycles. The van der Waals surface area contributed by atoms with Crippen LogP contribution in [0, 0.1) is 0 Å². The van der Waals surface area contributed by atoms with Gasteiger partial charge in [0.05, 0.1) is 4.90 Å². The zero-order valence-electron chi connectivity index (χ0n) is 13.5. The molecule has 1 heterocycles. The standard InChI is InChI=1S/C16H24N2O4S/c1-2-22-13-16(19)17-12-14-6-8-15(9-7-14)23(20,21)18-10-4-3-5-11-18/h6-9H,2-5,10-13H2,1H3,(H,17,19). The number of nitrogens with zero attached hydrogens (tertiary/aromatic N) is 1. The van der Waals surface area contributed by atoms with Gasteiger partial charge in [0.1, 0.15) is 6.61 Å². The predicted octanol–water partition coefficient (Wildman–Crippen LogP) is 1.51. The predicted molar refractivity (Wildman–Crippen MR) is 87.4 cm³/mol. The number of nitrogens with one attached hydrogen (secondary N) is 1. The van der Waals surface area contributed by atoms with E-state index in [0.29, 0.717) is 31.1 Å². The molecule has 0 spiro atoms. The van der Waals surface area contributed by atoms with E-state index in [1.165, 1.54) is 0 Å². The highest BCUT2D eigenvalue weighted by Crippen LogP contribution is 2.20. The molecule has 0 unspecified atom stereocenters. The third-order valence-electron chi connectivity index (χ3n) is 3.80. The van der Waals surface area contributed by atoms with E-state index in [1.807, 2.05) is 6.92 Å². The molecule has 1 amide bonds. The summed E-state index contributed by atoms with van der Waals surface area (Å²) in [6.45, 7) is 3.91. The van der Waals surface area contributed by atoms with Crippen LogP contribution in [0.4, 0.5) is 0 Å². The molecule has 1 aliphatic heterocycles. The van der Waals surface area contributed by atoms with Gasteiger partial charge in [-0.2, -0.15) is 4.31 Å². The van der Waals surface area contributed by atoms with Crippen molar-refractivity contribution in [1.82, 2.24) is 9.62 Å². The molecule has 1 saturated heterocycles. The van der Waals surface area contributed by atoms with Gasteiger partial charge in [0.25, 0.3) is 0 Å². The lowest BCUT2D eigenvalue weighted by Gasteiger charge is -2.25. The minimum Gasteiger partial charge on any atom is -0.372 e. The molecule has 0 bridgehead atoms. The lowest BCUT2D eigenvalue weighted by Crippen LogP contribution is -2.35. The van der Waals surface area contributed by atoms with E-state index in [4.69, 9.17) is 4.74 Å². The maximum Gasteiger partial charge on any atom is 0.246 e. The summed E-state index contributed by atoms with van der Waals surface area (Å²) in [6.07, 6.45) is 2.93. The Morgan fingerprint density at radius 2 is 1.83 bits per heavy atom. The fourth-order valence-corrected chi connectivity index (χ4v) is 4.00. The summed E-state index contributed by atoms with van der Waals surface area (Å²) in [4.78, 5) is 11.8.